The highest BCUT2D eigenvalue weighted by molar-refractivity contribution is 7.89. The molecule has 0 aliphatic heterocycles. The Balaban J connectivity index is 2.27. The summed E-state index contributed by atoms with van der Waals surface area (Å²) in [5.74, 6) is 0.291. The Morgan fingerprint density at radius 3 is 2.75 bits per heavy atom. The first-order chi connectivity index (χ1) is 9.54. The molecule has 1 heterocycles. The smallest absolute Gasteiger partial charge is 0.241 e. The second-order valence-corrected chi connectivity index (χ2v) is 5.93. The van der Waals surface area contributed by atoms with Crippen molar-refractivity contribution in [2.24, 2.45) is 0 Å². The fourth-order valence-electron chi connectivity index (χ4n) is 1.80. The minimum absolute atomic E-state index is 0.240. The first-order valence-electron chi connectivity index (χ1n) is 6.03. The van der Waals surface area contributed by atoms with Crippen molar-refractivity contribution in [1.82, 2.24) is 30.7 Å². The van der Waals surface area contributed by atoms with Gasteiger partial charge in [-0.3, -0.25) is 0 Å². The molecule has 8 nitrogen and oxygen atoms in total. The molecule has 0 bridgehead atoms. The van der Waals surface area contributed by atoms with Crippen LogP contribution < -0.4 is 10.0 Å². The van der Waals surface area contributed by atoms with Crippen molar-refractivity contribution >= 4 is 10.0 Å². The Bertz CT molecular complexity index is 655. The third kappa shape index (κ3) is 3.18. The van der Waals surface area contributed by atoms with E-state index in [0.29, 0.717) is 17.9 Å². The van der Waals surface area contributed by atoms with Crippen LogP contribution in [0.15, 0.2) is 29.2 Å². The average Bonchev–Trinajstić information content (AvgIpc) is 2.93. The number of hydrogen-bond donors (Lipinski definition) is 3. The highest BCUT2D eigenvalue weighted by Crippen LogP contribution is 2.17. The monoisotopic (exact) mass is 296 g/mol. The SMILES string of the molecule is CNCc1ccccc1S(=O)(=O)NC(C)c1nn[nH]n1. The summed E-state index contributed by atoms with van der Waals surface area (Å²) in [4.78, 5) is 0.240. The average molecular weight is 296 g/mol. The number of benzene rings is 1. The molecule has 0 spiro atoms. The van der Waals surface area contributed by atoms with Crippen molar-refractivity contribution in [3.63, 3.8) is 0 Å². The zero-order valence-corrected chi connectivity index (χ0v) is 12.0. The van der Waals surface area contributed by atoms with E-state index in [1.54, 1.807) is 38.2 Å². The molecule has 108 valence electrons. The molecular weight excluding hydrogens is 280 g/mol. The number of aromatic amines is 1. The Labute approximate surface area is 117 Å². The van der Waals surface area contributed by atoms with Crippen molar-refractivity contribution in [2.45, 2.75) is 24.4 Å². The molecular formula is C11H16N6O2S. The van der Waals surface area contributed by atoms with Crippen molar-refractivity contribution in [1.29, 1.82) is 0 Å². The third-order valence-corrected chi connectivity index (χ3v) is 4.35. The van der Waals surface area contributed by atoms with Gasteiger partial charge in [0.25, 0.3) is 0 Å². The first-order valence-corrected chi connectivity index (χ1v) is 7.51. The van der Waals surface area contributed by atoms with Crippen molar-refractivity contribution < 1.29 is 8.42 Å². The predicted octanol–water partition coefficient (Wildman–Crippen LogP) is -0.0414. The standard InChI is InChI=1S/C11H16N6O2S/c1-8(11-13-16-17-14-11)15-20(18,19)10-6-4-3-5-9(10)7-12-2/h3-6,8,12,15H,7H2,1-2H3,(H,13,14,16,17). The maximum Gasteiger partial charge on any atom is 0.241 e. The number of nitrogens with zero attached hydrogens (tertiary/aromatic N) is 3. The summed E-state index contributed by atoms with van der Waals surface area (Å²) in [6, 6.07) is 6.25. The molecule has 1 atom stereocenters. The molecule has 2 rings (SSSR count). The molecule has 1 aromatic carbocycles. The van der Waals surface area contributed by atoms with Crippen molar-refractivity contribution in [2.75, 3.05) is 7.05 Å². The maximum atomic E-state index is 12.4. The van der Waals surface area contributed by atoms with E-state index in [9.17, 15) is 8.42 Å². The van der Waals surface area contributed by atoms with Gasteiger partial charge in [-0.1, -0.05) is 23.4 Å². The molecule has 0 radical (unpaired) electrons. The van der Waals surface area contributed by atoms with Gasteiger partial charge in [0.2, 0.25) is 10.0 Å². The van der Waals surface area contributed by atoms with Crippen molar-refractivity contribution in [3.8, 4) is 0 Å². The number of aromatic nitrogens is 4. The van der Waals surface area contributed by atoms with Gasteiger partial charge in [-0.15, -0.1) is 10.2 Å². The van der Waals surface area contributed by atoms with Crippen molar-refractivity contribution in [3.05, 3.63) is 35.7 Å². The minimum atomic E-state index is -3.65. The molecule has 1 aromatic heterocycles. The van der Waals surface area contributed by atoms with Gasteiger partial charge in [-0.05, 0) is 25.6 Å². The highest BCUT2D eigenvalue weighted by atomic mass is 32.2. The van der Waals surface area contributed by atoms with Gasteiger partial charge >= 0.3 is 0 Å². The minimum Gasteiger partial charge on any atom is -0.316 e. The van der Waals surface area contributed by atoms with Crippen LogP contribution in [0.5, 0.6) is 0 Å². The van der Waals surface area contributed by atoms with E-state index in [4.69, 9.17) is 0 Å². The van der Waals surface area contributed by atoms with E-state index < -0.39 is 16.1 Å². The molecule has 0 aliphatic carbocycles. The molecule has 20 heavy (non-hydrogen) atoms. The Morgan fingerprint density at radius 1 is 1.35 bits per heavy atom. The Kier molecular flexibility index (Phi) is 4.42. The topological polar surface area (TPSA) is 113 Å². The van der Waals surface area contributed by atoms with Crippen LogP contribution in [0.25, 0.3) is 0 Å². The number of H-pyrrole nitrogens is 1. The van der Waals surface area contributed by atoms with E-state index >= 15 is 0 Å². The number of nitrogens with one attached hydrogen (secondary N) is 3. The quantitative estimate of drug-likeness (QED) is 0.689. The van der Waals surface area contributed by atoms with Gasteiger partial charge in [-0.25, -0.2) is 13.1 Å². The molecule has 2 aromatic rings. The largest absolute Gasteiger partial charge is 0.316 e. The summed E-state index contributed by atoms with van der Waals surface area (Å²) in [5.41, 5.74) is 0.697. The van der Waals surface area contributed by atoms with Gasteiger partial charge in [0.05, 0.1) is 10.9 Å². The number of tetrazole rings is 1. The van der Waals surface area contributed by atoms with Gasteiger partial charge in [-0.2, -0.15) is 5.21 Å². The number of sulfonamides is 1. The zero-order valence-electron chi connectivity index (χ0n) is 11.2. The molecule has 0 amide bonds. The van der Waals surface area contributed by atoms with E-state index in [2.05, 4.69) is 30.7 Å². The lowest BCUT2D eigenvalue weighted by Crippen LogP contribution is -2.29. The summed E-state index contributed by atoms with van der Waals surface area (Å²) >= 11 is 0. The summed E-state index contributed by atoms with van der Waals surface area (Å²) in [6.07, 6.45) is 0. The third-order valence-electron chi connectivity index (χ3n) is 2.71. The van der Waals surface area contributed by atoms with Crippen LogP contribution in [0, 0.1) is 0 Å². The number of rotatable bonds is 6. The Hall–Kier alpha value is -1.84. The first kappa shape index (κ1) is 14.6. The number of hydrogen-bond acceptors (Lipinski definition) is 6. The Morgan fingerprint density at radius 2 is 2.10 bits per heavy atom. The lowest BCUT2D eigenvalue weighted by Gasteiger charge is -2.13. The van der Waals surface area contributed by atoms with E-state index in [1.807, 2.05) is 0 Å². The highest BCUT2D eigenvalue weighted by Gasteiger charge is 2.22. The molecule has 0 fully saturated rings. The fraction of sp³-hybridized carbons (Fsp3) is 0.364. The van der Waals surface area contributed by atoms with Crippen LogP contribution in [0.1, 0.15) is 24.4 Å². The lowest BCUT2D eigenvalue weighted by atomic mass is 10.2. The van der Waals surface area contributed by atoms with Crippen LogP contribution in [-0.2, 0) is 16.6 Å². The summed E-state index contributed by atoms with van der Waals surface area (Å²) in [7, 11) is -1.89. The van der Waals surface area contributed by atoms with Crippen LogP contribution in [-0.4, -0.2) is 36.1 Å². The van der Waals surface area contributed by atoms with Gasteiger partial charge in [0.15, 0.2) is 5.82 Å². The second kappa shape index (κ2) is 6.07. The van der Waals surface area contributed by atoms with E-state index in [-0.39, 0.29) is 4.90 Å². The normalized spacial score (nSPS) is 13.3. The molecule has 0 saturated heterocycles. The van der Waals surface area contributed by atoms with Crippen LogP contribution >= 0.6 is 0 Å². The van der Waals surface area contributed by atoms with Gasteiger partial charge in [0.1, 0.15) is 0 Å². The molecule has 3 N–H and O–H groups in total. The molecule has 1 unspecified atom stereocenters. The molecule has 9 heteroatoms. The summed E-state index contributed by atoms with van der Waals surface area (Å²) in [5, 5.41) is 16.2. The van der Waals surface area contributed by atoms with Crippen LogP contribution in [0.3, 0.4) is 0 Å². The summed E-state index contributed by atoms with van der Waals surface area (Å²) < 4.78 is 27.3. The zero-order chi connectivity index (χ0) is 14.6. The van der Waals surface area contributed by atoms with E-state index in [1.165, 1.54) is 0 Å². The van der Waals surface area contributed by atoms with Gasteiger partial charge in [0, 0.05) is 6.54 Å². The lowest BCUT2D eigenvalue weighted by molar-refractivity contribution is 0.558. The van der Waals surface area contributed by atoms with E-state index in [0.717, 1.165) is 0 Å². The fourth-order valence-corrected chi connectivity index (χ4v) is 3.25. The predicted molar refractivity (Wildman–Crippen MR) is 72.1 cm³/mol. The van der Waals surface area contributed by atoms with Crippen LogP contribution in [0.4, 0.5) is 0 Å². The maximum absolute atomic E-state index is 12.4. The second-order valence-electron chi connectivity index (χ2n) is 4.25. The van der Waals surface area contributed by atoms with Gasteiger partial charge < -0.3 is 5.32 Å². The molecule has 0 aliphatic rings. The summed E-state index contributed by atoms with van der Waals surface area (Å²) in [6.45, 7) is 2.12. The van der Waals surface area contributed by atoms with Crippen LogP contribution in [0.2, 0.25) is 0 Å². The molecule has 0 saturated carbocycles.